The third-order valence-electron chi connectivity index (χ3n) is 6.12. The number of unbranched alkanes of at least 4 members (excludes halogenated alkanes) is 1. The maximum Gasteiger partial charge on any atom is 0.573 e. The average molecular weight is 580 g/mol. The van der Waals surface area contributed by atoms with Gasteiger partial charge < -0.3 is 10.1 Å². The topological polar surface area (TPSA) is 116 Å². The normalized spacial score (nSPS) is 11.2. The van der Waals surface area contributed by atoms with Crippen LogP contribution in [0, 0.1) is 0 Å². The Balaban J connectivity index is 1.19. The van der Waals surface area contributed by atoms with E-state index in [-0.39, 0.29) is 24.4 Å². The quantitative estimate of drug-likeness (QED) is 0.232. The number of carbonyl (C=O) groups is 2. The second kappa shape index (κ2) is 14.2. The summed E-state index contributed by atoms with van der Waals surface area (Å²) in [5.41, 5.74) is 2.13. The summed E-state index contributed by atoms with van der Waals surface area (Å²) >= 11 is 0. The first kappa shape index (κ1) is 30.1. The number of Topliss-reactive ketones (excluding diaryl/α,β-unsaturated/α-hetero) is 1. The van der Waals surface area contributed by atoms with Crippen molar-refractivity contribution >= 4 is 17.5 Å². The number of anilines is 1. The molecular weight excluding hydrogens is 551 g/mol. The molecule has 1 N–H and O–H groups in total. The van der Waals surface area contributed by atoms with Crippen molar-refractivity contribution in [2.75, 3.05) is 5.32 Å². The molecule has 2 heterocycles. The molecule has 9 nitrogen and oxygen atoms in total. The summed E-state index contributed by atoms with van der Waals surface area (Å²) in [5, 5.41) is 10.9. The van der Waals surface area contributed by atoms with Gasteiger partial charge in [0.1, 0.15) is 17.4 Å². The maximum atomic E-state index is 12.4. The first-order valence-electron chi connectivity index (χ1n) is 13.2. The van der Waals surface area contributed by atoms with Gasteiger partial charge in [-0.2, -0.15) is 15.2 Å². The lowest BCUT2D eigenvalue weighted by Crippen LogP contribution is -2.25. The van der Waals surface area contributed by atoms with Crippen LogP contribution in [0.15, 0.2) is 83.8 Å². The van der Waals surface area contributed by atoms with Gasteiger partial charge in [-0.15, -0.1) is 13.2 Å². The number of hydrogen-bond acceptors (Lipinski definition) is 7. The van der Waals surface area contributed by atoms with Crippen LogP contribution in [0.3, 0.4) is 0 Å². The van der Waals surface area contributed by atoms with Gasteiger partial charge in [-0.1, -0.05) is 42.5 Å². The Morgan fingerprint density at radius 3 is 2.29 bits per heavy atom. The Morgan fingerprint density at radius 2 is 1.57 bits per heavy atom. The lowest BCUT2D eigenvalue weighted by Gasteiger charge is -2.10. The highest BCUT2D eigenvalue weighted by Gasteiger charge is 2.31. The molecule has 2 aromatic carbocycles. The molecule has 0 saturated carbocycles. The first-order chi connectivity index (χ1) is 20.1. The fraction of sp³-hybridized carbons (Fsp3) is 0.267. The van der Waals surface area contributed by atoms with Crippen molar-refractivity contribution in [3.05, 3.63) is 112 Å². The second-order valence-electron chi connectivity index (χ2n) is 9.56. The van der Waals surface area contributed by atoms with Crippen LogP contribution in [0.1, 0.15) is 35.4 Å². The van der Waals surface area contributed by atoms with E-state index in [0.29, 0.717) is 37.1 Å². The van der Waals surface area contributed by atoms with Crippen molar-refractivity contribution < 1.29 is 27.5 Å². The SMILES string of the molecule is O=C(Cc1ccccc1)Cc1ccc(CCCCn2ccc(NC(=O)Cc3cccc(OC(F)(F)F)c3)nc2=O)nn1. The Kier molecular flexibility index (Phi) is 10.1. The smallest absolute Gasteiger partial charge is 0.406 e. The van der Waals surface area contributed by atoms with Gasteiger partial charge in [-0.25, -0.2) is 4.79 Å². The largest absolute Gasteiger partial charge is 0.573 e. The van der Waals surface area contributed by atoms with E-state index in [4.69, 9.17) is 0 Å². The Morgan fingerprint density at radius 1 is 0.833 bits per heavy atom. The minimum Gasteiger partial charge on any atom is -0.406 e. The van der Waals surface area contributed by atoms with Crippen molar-refractivity contribution in [1.82, 2.24) is 19.7 Å². The van der Waals surface area contributed by atoms with Crippen LogP contribution in [-0.2, 0) is 41.8 Å². The van der Waals surface area contributed by atoms with Crippen molar-refractivity contribution in [3.8, 4) is 5.75 Å². The molecule has 0 bridgehead atoms. The van der Waals surface area contributed by atoms with Gasteiger partial charge in [0.2, 0.25) is 5.91 Å². The summed E-state index contributed by atoms with van der Waals surface area (Å²) in [6.07, 6.45) is -0.914. The van der Waals surface area contributed by atoms with E-state index in [1.165, 1.54) is 29.0 Å². The van der Waals surface area contributed by atoms with E-state index in [0.717, 1.165) is 29.8 Å². The number of carbonyl (C=O) groups excluding carboxylic acids is 2. The van der Waals surface area contributed by atoms with Crippen molar-refractivity contribution in [1.29, 1.82) is 0 Å². The standard InChI is InChI=1S/C30H28F3N5O4/c31-30(32,33)42-26-11-6-9-22(18-26)19-28(40)34-27-14-16-38(29(41)35-27)15-5-4-10-23-12-13-24(37-36-23)20-25(39)17-21-7-2-1-3-8-21/h1-3,6-9,11-14,16,18H,4-5,10,15,17,19-20H2,(H,34,35,40,41). The summed E-state index contributed by atoms with van der Waals surface area (Å²) in [4.78, 5) is 40.9. The number of alkyl halides is 3. The molecule has 1 amide bonds. The number of hydrogen-bond donors (Lipinski definition) is 1. The summed E-state index contributed by atoms with van der Waals surface area (Å²) in [7, 11) is 0. The van der Waals surface area contributed by atoms with E-state index in [1.807, 2.05) is 36.4 Å². The molecule has 218 valence electrons. The monoisotopic (exact) mass is 579 g/mol. The van der Waals surface area contributed by atoms with Gasteiger partial charge in [-0.3, -0.25) is 14.2 Å². The Bertz CT molecular complexity index is 1560. The number of aryl methyl sites for hydroxylation is 2. The second-order valence-corrected chi connectivity index (χ2v) is 9.56. The van der Waals surface area contributed by atoms with Gasteiger partial charge in [0.25, 0.3) is 0 Å². The number of benzene rings is 2. The number of nitrogens with one attached hydrogen (secondary N) is 1. The molecule has 0 aliphatic rings. The maximum absolute atomic E-state index is 12.4. The molecule has 0 saturated heterocycles. The average Bonchev–Trinajstić information content (AvgIpc) is 2.92. The summed E-state index contributed by atoms with van der Waals surface area (Å²) in [6.45, 7) is 0.408. The summed E-state index contributed by atoms with van der Waals surface area (Å²) in [5.74, 6) is -0.862. The number of nitrogens with zero attached hydrogens (tertiary/aromatic N) is 4. The van der Waals surface area contributed by atoms with E-state index in [9.17, 15) is 27.6 Å². The third kappa shape index (κ3) is 9.95. The molecule has 0 radical (unpaired) electrons. The molecule has 2 aromatic heterocycles. The molecule has 4 rings (SSSR count). The highest BCUT2D eigenvalue weighted by atomic mass is 19.4. The summed E-state index contributed by atoms with van der Waals surface area (Å²) < 4.78 is 42.5. The van der Waals surface area contributed by atoms with E-state index >= 15 is 0 Å². The van der Waals surface area contributed by atoms with Crippen molar-refractivity contribution in [2.24, 2.45) is 0 Å². The molecule has 0 fully saturated rings. The Labute approximate surface area is 239 Å². The van der Waals surface area contributed by atoms with E-state index in [1.54, 1.807) is 6.07 Å². The van der Waals surface area contributed by atoms with Crippen LogP contribution >= 0.6 is 0 Å². The zero-order valence-corrected chi connectivity index (χ0v) is 22.5. The van der Waals surface area contributed by atoms with Crippen LogP contribution in [0.4, 0.5) is 19.0 Å². The van der Waals surface area contributed by atoms with Gasteiger partial charge in [-0.05, 0) is 60.7 Å². The molecular formula is C30H28F3N5O4. The van der Waals surface area contributed by atoms with Gasteiger partial charge in [0, 0.05) is 19.2 Å². The number of rotatable bonds is 13. The molecule has 0 unspecified atom stereocenters. The highest BCUT2D eigenvalue weighted by molar-refractivity contribution is 5.91. The fourth-order valence-corrected chi connectivity index (χ4v) is 4.19. The minimum atomic E-state index is -4.83. The number of amides is 1. The summed E-state index contributed by atoms with van der Waals surface area (Å²) in [6, 6.07) is 19.8. The van der Waals surface area contributed by atoms with E-state index < -0.39 is 23.7 Å². The predicted octanol–water partition coefficient (Wildman–Crippen LogP) is 4.49. The van der Waals surface area contributed by atoms with Gasteiger partial charge in [0.05, 0.1) is 24.2 Å². The predicted molar refractivity (Wildman–Crippen MR) is 148 cm³/mol. The third-order valence-corrected chi connectivity index (χ3v) is 6.12. The first-order valence-corrected chi connectivity index (χ1v) is 13.2. The van der Waals surface area contributed by atoms with Crippen LogP contribution in [0.25, 0.3) is 0 Å². The highest BCUT2D eigenvalue weighted by Crippen LogP contribution is 2.23. The minimum absolute atomic E-state index is 0.0431. The zero-order chi connectivity index (χ0) is 30.0. The van der Waals surface area contributed by atoms with Crippen LogP contribution in [-0.4, -0.2) is 37.8 Å². The van der Waals surface area contributed by atoms with Crippen molar-refractivity contribution in [3.63, 3.8) is 0 Å². The van der Waals surface area contributed by atoms with Crippen LogP contribution in [0.5, 0.6) is 5.75 Å². The number of ketones is 1. The van der Waals surface area contributed by atoms with Gasteiger partial charge in [0.15, 0.2) is 0 Å². The molecule has 4 aromatic rings. The molecule has 0 spiro atoms. The lowest BCUT2D eigenvalue weighted by atomic mass is 10.1. The van der Waals surface area contributed by atoms with Crippen LogP contribution in [0.2, 0.25) is 0 Å². The molecule has 12 heteroatoms. The molecule has 0 atom stereocenters. The number of aromatic nitrogens is 4. The lowest BCUT2D eigenvalue weighted by molar-refractivity contribution is -0.274. The number of halogens is 3. The number of ether oxygens (including phenoxy) is 1. The van der Waals surface area contributed by atoms with Crippen molar-refractivity contribution in [2.45, 2.75) is 51.4 Å². The zero-order valence-electron chi connectivity index (χ0n) is 22.5. The molecule has 42 heavy (non-hydrogen) atoms. The molecule has 0 aliphatic heterocycles. The Hall–Kier alpha value is -4.87. The molecule has 0 aliphatic carbocycles. The van der Waals surface area contributed by atoms with Crippen LogP contribution < -0.4 is 15.7 Å². The van der Waals surface area contributed by atoms with Gasteiger partial charge >= 0.3 is 12.1 Å². The van der Waals surface area contributed by atoms with E-state index in [2.05, 4.69) is 25.2 Å². The fourth-order valence-electron chi connectivity index (χ4n) is 4.19.